The minimum atomic E-state index is -0.127. The average Bonchev–Trinajstić information content (AvgIpc) is 2.83. The Labute approximate surface area is 192 Å². The second kappa shape index (κ2) is 10.4. The summed E-state index contributed by atoms with van der Waals surface area (Å²) in [6, 6.07) is 9.19. The van der Waals surface area contributed by atoms with E-state index in [1.807, 2.05) is 29.2 Å². The number of carbonyl (C=O) groups is 1. The van der Waals surface area contributed by atoms with Crippen LogP contribution in [0.15, 0.2) is 48.9 Å². The van der Waals surface area contributed by atoms with Gasteiger partial charge in [-0.2, -0.15) is 0 Å². The number of nitrogen functional groups attached to an aromatic ring is 1. The first-order chi connectivity index (χ1) is 15.6. The zero-order valence-corrected chi connectivity index (χ0v) is 18.5. The van der Waals surface area contributed by atoms with Crippen molar-refractivity contribution in [1.29, 1.82) is 0 Å². The van der Waals surface area contributed by atoms with Gasteiger partial charge in [-0.25, -0.2) is 19.9 Å². The van der Waals surface area contributed by atoms with Crippen LogP contribution in [-0.4, -0.2) is 43.8 Å². The fourth-order valence-electron chi connectivity index (χ4n) is 4.00. The third-order valence-electron chi connectivity index (χ3n) is 5.55. The molecule has 1 amide bonds. The van der Waals surface area contributed by atoms with E-state index in [4.69, 9.17) is 17.3 Å². The lowest BCUT2D eigenvalue weighted by Crippen LogP contribution is -2.39. The van der Waals surface area contributed by atoms with Crippen molar-refractivity contribution in [3.63, 3.8) is 0 Å². The number of nitrogens with one attached hydrogen (secondary N) is 1. The summed E-state index contributed by atoms with van der Waals surface area (Å²) in [6.45, 7) is 1.34. The molecular weight excluding hydrogens is 426 g/mol. The molecule has 1 aliphatic rings. The van der Waals surface area contributed by atoms with E-state index in [-0.39, 0.29) is 17.9 Å². The monoisotopic (exact) mass is 451 g/mol. The van der Waals surface area contributed by atoms with Gasteiger partial charge in [0.1, 0.15) is 0 Å². The minimum absolute atomic E-state index is 0.115. The quantitative estimate of drug-likeness (QED) is 0.520. The molecule has 3 heterocycles. The SMILES string of the molecule is Nc1ncc(-c2ccc(Cl)cc2)c([C@H]2CCCCN2C(=O)CCCNc2ncccn2)n1. The first kappa shape index (κ1) is 22.0. The molecule has 3 aromatic rings. The van der Waals surface area contributed by atoms with E-state index in [2.05, 4.69) is 25.3 Å². The molecule has 1 fully saturated rings. The van der Waals surface area contributed by atoms with Gasteiger partial charge in [0, 0.05) is 48.7 Å². The van der Waals surface area contributed by atoms with Crippen LogP contribution in [0, 0.1) is 0 Å². The normalized spacial score (nSPS) is 16.0. The molecule has 0 saturated carbocycles. The number of amides is 1. The van der Waals surface area contributed by atoms with Gasteiger partial charge in [-0.05, 0) is 49.4 Å². The van der Waals surface area contributed by atoms with Gasteiger partial charge < -0.3 is 16.0 Å². The molecule has 1 atom stereocenters. The topological polar surface area (TPSA) is 110 Å². The van der Waals surface area contributed by atoms with Gasteiger partial charge in [0.15, 0.2) is 0 Å². The predicted molar refractivity (Wildman–Crippen MR) is 125 cm³/mol. The molecule has 2 aromatic heterocycles. The van der Waals surface area contributed by atoms with Crippen molar-refractivity contribution >= 4 is 29.4 Å². The van der Waals surface area contributed by atoms with Gasteiger partial charge in [-0.15, -0.1) is 0 Å². The lowest BCUT2D eigenvalue weighted by molar-refractivity contribution is -0.135. The van der Waals surface area contributed by atoms with E-state index in [1.54, 1.807) is 24.7 Å². The number of halogens is 1. The molecule has 0 radical (unpaired) electrons. The van der Waals surface area contributed by atoms with Gasteiger partial charge in [-0.1, -0.05) is 23.7 Å². The van der Waals surface area contributed by atoms with Crippen LogP contribution in [0.3, 0.4) is 0 Å². The number of hydrogen-bond acceptors (Lipinski definition) is 7. The van der Waals surface area contributed by atoms with Crippen molar-refractivity contribution in [3.8, 4) is 11.1 Å². The second-order valence-electron chi connectivity index (χ2n) is 7.74. The summed E-state index contributed by atoms with van der Waals surface area (Å²) in [5, 5.41) is 3.81. The number of anilines is 2. The summed E-state index contributed by atoms with van der Waals surface area (Å²) < 4.78 is 0. The highest BCUT2D eigenvalue weighted by atomic mass is 35.5. The third kappa shape index (κ3) is 5.31. The Morgan fingerprint density at radius 2 is 1.94 bits per heavy atom. The van der Waals surface area contributed by atoms with Crippen molar-refractivity contribution in [3.05, 3.63) is 59.6 Å². The first-order valence-electron chi connectivity index (χ1n) is 10.8. The molecule has 3 N–H and O–H groups in total. The fraction of sp³-hybridized carbons (Fsp3) is 0.348. The molecule has 4 rings (SSSR count). The Morgan fingerprint density at radius 3 is 2.72 bits per heavy atom. The number of hydrogen-bond donors (Lipinski definition) is 2. The number of nitrogens with zero attached hydrogens (tertiary/aromatic N) is 5. The number of rotatable bonds is 7. The zero-order chi connectivity index (χ0) is 22.3. The van der Waals surface area contributed by atoms with Crippen LogP contribution in [-0.2, 0) is 4.79 Å². The van der Waals surface area contributed by atoms with Crippen molar-refractivity contribution in [2.75, 3.05) is 24.1 Å². The summed E-state index contributed by atoms with van der Waals surface area (Å²) in [5.41, 5.74) is 8.57. The molecule has 0 bridgehead atoms. The van der Waals surface area contributed by atoms with Crippen LogP contribution in [0.4, 0.5) is 11.9 Å². The molecule has 9 heteroatoms. The molecule has 32 heavy (non-hydrogen) atoms. The molecule has 1 aromatic carbocycles. The van der Waals surface area contributed by atoms with Gasteiger partial charge in [0.2, 0.25) is 17.8 Å². The summed E-state index contributed by atoms with van der Waals surface area (Å²) in [5.74, 6) is 0.896. The number of aromatic nitrogens is 4. The van der Waals surface area contributed by atoms with Crippen LogP contribution in [0.25, 0.3) is 11.1 Å². The fourth-order valence-corrected chi connectivity index (χ4v) is 4.13. The van der Waals surface area contributed by atoms with Gasteiger partial charge in [0.05, 0.1) is 11.7 Å². The highest BCUT2D eigenvalue weighted by molar-refractivity contribution is 6.30. The Morgan fingerprint density at radius 1 is 1.16 bits per heavy atom. The van der Waals surface area contributed by atoms with Crippen LogP contribution in [0.5, 0.6) is 0 Å². The highest BCUT2D eigenvalue weighted by Crippen LogP contribution is 2.36. The average molecular weight is 452 g/mol. The second-order valence-corrected chi connectivity index (χ2v) is 8.17. The van der Waals surface area contributed by atoms with Crippen LogP contribution < -0.4 is 11.1 Å². The Bertz CT molecular complexity index is 1050. The molecule has 166 valence electrons. The summed E-state index contributed by atoms with van der Waals surface area (Å²) in [4.78, 5) is 32.1. The Kier molecular flexibility index (Phi) is 7.11. The predicted octanol–water partition coefficient (Wildman–Crippen LogP) is 4.12. The molecule has 0 spiro atoms. The number of benzene rings is 1. The maximum absolute atomic E-state index is 13.1. The maximum Gasteiger partial charge on any atom is 0.223 e. The summed E-state index contributed by atoms with van der Waals surface area (Å²) in [6.07, 6.45) is 9.10. The minimum Gasteiger partial charge on any atom is -0.368 e. The number of likely N-dealkylation sites (tertiary alicyclic amines) is 1. The summed E-state index contributed by atoms with van der Waals surface area (Å²) in [7, 11) is 0. The Hall–Kier alpha value is -3.26. The van der Waals surface area contributed by atoms with Gasteiger partial charge >= 0.3 is 0 Å². The number of piperidine rings is 1. The van der Waals surface area contributed by atoms with E-state index in [0.717, 1.165) is 36.1 Å². The smallest absolute Gasteiger partial charge is 0.223 e. The molecule has 1 saturated heterocycles. The van der Waals surface area contributed by atoms with Crippen molar-refractivity contribution in [1.82, 2.24) is 24.8 Å². The van der Waals surface area contributed by atoms with E-state index in [9.17, 15) is 4.79 Å². The standard InChI is InChI=1S/C23H26ClN7O/c24-17-9-7-16(8-10-17)18-15-29-22(25)30-21(18)19-5-1-2-14-31(19)20(32)6-3-11-26-23-27-12-4-13-28-23/h4,7-10,12-13,15,19H,1-3,5-6,11,14H2,(H2,25,29,30)(H,26,27,28)/t19-/m1/s1. The first-order valence-corrected chi connectivity index (χ1v) is 11.2. The molecule has 1 aliphatic heterocycles. The highest BCUT2D eigenvalue weighted by Gasteiger charge is 2.31. The van der Waals surface area contributed by atoms with Gasteiger partial charge in [0.25, 0.3) is 0 Å². The van der Waals surface area contributed by atoms with E-state index >= 15 is 0 Å². The van der Waals surface area contributed by atoms with E-state index in [0.29, 0.717) is 36.9 Å². The van der Waals surface area contributed by atoms with Crippen LogP contribution >= 0.6 is 11.6 Å². The lowest BCUT2D eigenvalue weighted by atomic mass is 9.93. The molecular formula is C23H26ClN7O. The van der Waals surface area contributed by atoms with Crippen LogP contribution in [0.1, 0.15) is 43.8 Å². The number of nitrogens with two attached hydrogens (primary N) is 1. The molecule has 8 nitrogen and oxygen atoms in total. The van der Waals surface area contributed by atoms with Gasteiger partial charge in [-0.3, -0.25) is 4.79 Å². The zero-order valence-electron chi connectivity index (χ0n) is 17.7. The van der Waals surface area contributed by atoms with Crippen LogP contribution in [0.2, 0.25) is 5.02 Å². The third-order valence-corrected chi connectivity index (χ3v) is 5.80. The molecule has 0 unspecified atom stereocenters. The maximum atomic E-state index is 13.1. The van der Waals surface area contributed by atoms with E-state index in [1.165, 1.54) is 0 Å². The van der Waals surface area contributed by atoms with E-state index < -0.39 is 0 Å². The number of carbonyl (C=O) groups excluding carboxylic acids is 1. The summed E-state index contributed by atoms with van der Waals surface area (Å²) >= 11 is 6.06. The Balaban J connectivity index is 1.49. The van der Waals surface area contributed by atoms with Crippen molar-refractivity contribution in [2.24, 2.45) is 0 Å². The lowest BCUT2D eigenvalue weighted by Gasteiger charge is -2.36. The largest absolute Gasteiger partial charge is 0.368 e. The molecule has 0 aliphatic carbocycles. The van der Waals surface area contributed by atoms with Crippen molar-refractivity contribution in [2.45, 2.75) is 38.1 Å². The van der Waals surface area contributed by atoms with Crippen molar-refractivity contribution < 1.29 is 4.79 Å².